The molecule has 0 aliphatic carbocycles. The average Bonchev–Trinajstić information content (AvgIpc) is 2.73. The summed E-state index contributed by atoms with van der Waals surface area (Å²) in [6.45, 7) is 5.89. The predicted octanol–water partition coefficient (Wildman–Crippen LogP) is 2.74. The van der Waals surface area contributed by atoms with Crippen LogP contribution in [0, 0.1) is 6.92 Å². The Balaban J connectivity index is 1.49. The molecule has 1 amide bonds. The van der Waals surface area contributed by atoms with Gasteiger partial charge in [-0.25, -0.2) is 0 Å². The van der Waals surface area contributed by atoms with Crippen LogP contribution in [0.5, 0.6) is 17.2 Å². The summed E-state index contributed by atoms with van der Waals surface area (Å²) in [5, 5.41) is 0. The Morgan fingerprint density at radius 3 is 2.32 bits per heavy atom. The minimum Gasteiger partial charge on any atom is -0.493 e. The molecule has 1 fully saturated rings. The fourth-order valence-electron chi connectivity index (χ4n) is 3.35. The molecule has 0 unspecified atom stereocenters. The Labute approximate surface area is 166 Å². The van der Waals surface area contributed by atoms with Gasteiger partial charge in [0.1, 0.15) is 5.75 Å². The molecule has 0 bridgehead atoms. The highest BCUT2D eigenvalue weighted by molar-refractivity contribution is 5.77. The number of carbonyl (C=O) groups excluding carboxylic acids is 1. The summed E-state index contributed by atoms with van der Waals surface area (Å²) in [5.74, 6) is 2.26. The summed E-state index contributed by atoms with van der Waals surface area (Å²) in [4.78, 5) is 16.6. The highest BCUT2D eigenvalue weighted by Gasteiger charge is 2.22. The second-order valence-electron chi connectivity index (χ2n) is 6.91. The third-order valence-corrected chi connectivity index (χ3v) is 4.99. The van der Waals surface area contributed by atoms with Crippen LogP contribution in [-0.4, -0.2) is 62.7 Å². The van der Waals surface area contributed by atoms with Gasteiger partial charge in [-0.1, -0.05) is 29.8 Å². The number of benzene rings is 2. The first-order chi connectivity index (χ1) is 13.6. The van der Waals surface area contributed by atoms with E-state index in [1.807, 2.05) is 54.3 Å². The quantitative estimate of drug-likeness (QED) is 0.735. The van der Waals surface area contributed by atoms with Crippen molar-refractivity contribution < 1.29 is 19.0 Å². The van der Waals surface area contributed by atoms with Crippen LogP contribution in [0.2, 0.25) is 0 Å². The lowest BCUT2D eigenvalue weighted by atomic mass is 10.1. The number of rotatable bonds is 7. The van der Waals surface area contributed by atoms with Crippen molar-refractivity contribution in [1.82, 2.24) is 9.80 Å². The van der Waals surface area contributed by atoms with E-state index in [1.165, 1.54) is 5.56 Å². The Morgan fingerprint density at radius 2 is 1.68 bits per heavy atom. The largest absolute Gasteiger partial charge is 0.493 e. The smallest absolute Gasteiger partial charge is 0.260 e. The van der Waals surface area contributed by atoms with Crippen molar-refractivity contribution in [3.05, 3.63) is 53.6 Å². The number of hydrogen-bond acceptors (Lipinski definition) is 5. The molecule has 150 valence electrons. The lowest BCUT2D eigenvalue weighted by Crippen LogP contribution is -2.49. The summed E-state index contributed by atoms with van der Waals surface area (Å²) < 4.78 is 16.5. The molecule has 6 nitrogen and oxygen atoms in total. The van der Waals surface area contributed by atoms with Gasteiger partial charge >= 0.3 is 0 Å². The van der Waals surface area contributed by atoms with E-state index in [2.05, 4.69) is 4.90 Å². The molecular weight excluding hydrogens is 356 g/mol. The SMILES string of the molecule is COc1cccc(CN2CCN(C(=O)COc3ccc(C)cc3)CC2)c1OC. The third-order valence-electron chi connectivity index (χ3n) is 4.99. The van der Waals surface area contributed by atoms with Gasteiger partial charge in [-0.15, -0.1) is 0 Å². The third kappa shape index (κ3) is 4.95. The van der Waals surface area contributed by atoms with E-state index in [0.717, 1.165) is 42.4 Å². The van der Waals surface area contributed by atoms with Crippen molar-refractivity contribution in [3.63, 3.8) is 0 Å². The molecule has 1 heterocycles. The van der Waals surface area contributed by atoms with E-state index in [9.17, 15) is 4.79 Å². The zero-order valence-electron chi connectivity index (χ0n) is 16.8. The highest BCUT2D eigenvalue weighted by atomic mass is 16.5. The number of carbonyl (C=O) groups is 1. The Bertz CT molecular complexity index is 784. The van der Waals surface area contributed by atoms with E-state index in [-0.39, 0.29) is 12.5 Å². The van der Waals surface area contributed by atoms with E-state index in [0.29, 0.717) is 13.1 Å². The number of piperazine rings is 1. The van der Waals surface area contributed by atoms with Gasteiger partial charge in [0.2, 0.25) is 0 Å². The van der Waals surface area contributed by atoms with Gasteiger partial charge in [-0.05, 0) is 25.1 Å². The van der Waals surface area contributed by atoms with Crippen LogP contribution < -0.4 is 14.2 Å². The minimum absolute atomic E-state index is 0.0270. The lowest BCUT2D eigenvalue weighted by molar-refractivity contribution is -0.135. The molecule has 1 aliphatic heterocycles. The fourth-order valence-corrected chi connectivity index (χ4v) is 3.35. The molecule has 0 atom stereocenters. The van der Waals surface area contributed by atoms with Crippen LogP contribution in [0.25, 0.3) is 0 Å². The molecule has 0 aromatic heterocycles. The molecule has 1 saturated heterocycles. The van der Waals surface area contributed by atoms with Gasteiger partial charge in [-0.2, -0.15) is 0 Å². The first kappa shape index (κ1) is 20.0. The summed E-state index contributed by atoms with van der Waals surface area (Å²) in [5.41, 5.74) is 2.26. The number of aryl methyl sites for hydroxylation is 1. The molecule has 28 heavy (non-hydrogen) atoms. The van der Waals surface area contributed by atoms with Crippen molar-refractivity contribution >= 4 is 5.91 Å². The zero-order chi connectivity index (χ0) is 19.9. The maximum atomic E-state index is 12.4. The number of amides is 1. The molecule has 6 heteroatoms. The summed E-state index contributed by atoms with van der Waals surface area (Å²) >= 11 is 0. The molecule has 0 saturated carbocycles. The normalized spacial score (nSPS) is 14.6. The number of para-hydroxylation sites is 1. The molecular formula is C22H28N2O4. The second-order valence-corrected chi connectivity index (χ2v) is 6.91. The van der Waals surface area contributed by atoms with Gasteiger partial charge in [0, 0.05) is 38.3 Å². The van der Waals surface area contributed by atoms with Gasteiger partial charge in [0.15, 0.2) is 18.1 Å². The topological polar surface area (TPSA) is 51.2 Å². The number of ether oxygens (including phenoxy) is 3. The predicted molar refractivity (Wildman–Crippen MR) is 108 cm³/mol. The highest BCUT2D eigenvalue weighted by Crippen LogP contribution is 2.31. The number of methoxy groups -OCH3 is 2. The van der Waals surface area contributed by atoms with Gasteiger partial charge < -0.3 is 19.1 Å². The molecule has 0 N–H and O–H groups in total. The van der Waals surface area contributed by atoms with Crippen LogP contribution in [-0.2, 0) is 11.3 Å². The van der Waals surface area contributed by atoms with Crippen LogP contribution in [0.4, 0.5) is 0 Å². The zero-order valence-corrected chi connectivity index (χ0v) is 16.8. The first-order valence-electron chi connectivity index (χ1n) is 9.50. The van der Waals surface area contributed by atoms with Crippen LogP contribution in [0.15, 0.2) is 42.5 Å². The van der Waals surface area contributed by atoms with Gasteiger partial charge in [0.25, 0.3) is 5.91 Å². The standard InChI is InChI=1S/C22H28N2O4/c1-17-7-9-19(10-8-17)28-16-21(25)24-13-11-23(12-14-24)15-18-5-4-6-20(26-2)22(18)27-3/h4-10H,11-16H2,1-3H3. The Morgan fingerprint density at radius 1 is 0.964 bits per heavy atom. The molecule has 2 aromatic rings. The molecule has 0 spiro atoms. The van der Waals surface area contributed by atoms with Gasteiger partial charge in [0.05, 0.1) is 14.2 Å². The maximum absolute atomic E-state index is 12.4. The Hall–Kier alpha value is -2.73. The van der Waals surface area contributed by atoms with Crippen molar-refractivity contribution in [2.45, 2.75) is 13.5 Å². The molecule has 0 radical (unpaired) electrons. The van der Waals surface area contributed by atoms with E-state index in [1.54, 1.807) is 14.2 Å². The van der Waals surface area contributed by atoms with Crippen molar-refractivity contribution in [2.24, 2.45) is 0 Å². The number of nitrogens with zero attached hydrogens (tertiary/aromatic N) is 2. The maximum Gasteiger partial charge on any atom is 0.260 e. The summed E-state index contributed by atoms with van der Waals surface area (Å²) in [7, 11) is 3.30. The van der Waals surface area contributed by atoms with E-state index >= 15 is 0 Å². The lowest BCUT2D eigenvalue weighted by Gasteiger charge is -2.35. The molecule has 3 rings (SSSR count). The van der Waals surface area contributed by atoms with E-state index < -0.39 is 0 Å². The second kappa shape index (κ2) is 9.46. The van der Waals surface area contributed by atoms with Crippen molar-refractivity contribution in [2.75, 3.05) is 47.0 Å². The van der Waals surface area contributed by atoms with E-state index in [4.69, 9.17) is 14.2 Å². The molecule has 2 aromatic carbocycles. The summed E-state index contributed by atoms with van der Waals surface area (Å²) in [6, 6.07) is 13.7. The number of hydrogen-bond donors (Lipinski definition) is 0. The summed E-state index contributed by atoms with van der Waals surface area (Å²) in [6.07, 6.45) is 0. The minimum atomic E-state index is 0.0270. The van der Waals surface area contributed by atoms with Crippen LogP contribution in [0.1, 0.15) is 11.1 Å². The Kier molecular flexibility index (Phi) is 6.76. The monoisotopic (exact) mass is 384 g/mol. The van der Waals surface area contributed by atoms with Crippen LogP contribution >= 0.6 is 0 Å². The van der Waals surface area contributed by atoms with Crippen molar-refractivity contribution in [3.8, 4) is 17.2 Å². The van der Waals surface area contributed by atoms with Gasteiger partial charge in [-0.3, -0.25) is 9.69 Å². The first-order valence-corrected chi connectivity index (χ1v) is 9.50. The fraction of sp³-hybridized carbons (Fsp3) is 0.409. The van der Waals surface area contributed by atoms with Crippen molar-refractivity contribution in [1.29, 1.82) is 0 Å². The molecule has 1 aliphatic rings. The van der Waals surface area contributed by atoms with Crippen LogP contribution in [0.3, 0.4) is 0 Å². The average molecular weight is 384 g/mol.